The van der Waals surface area contributed by atoms with Crippen LogP contribution in [0.5, 0.6) is 5.75 Å². The van der Waals surface area contributed by atoms with Gasteiger partial charge in [-0.15, -0.1) is 12.4 Å². The van der Waals surface area contributed by atoms with Gasteiger partial charge in [0, 0.05) is 18.7 Å². The zero-order valence-corrected chi connectivity index (χ0v) is 13.4. The van der Waals surface area contributed by atoms with E-state index in [2.05, 4.69) is 17.6 Å². The molecule has 124 valence electrons. The summed E-state index contributed by atoms with van der Waals surface area (Å²) in [5.41, 5.74) is 0. The van der Waals surface area contributed by atoms with Crippen LogP contribution in [0.1, 0.15) is 20.3 Å². The lowest BCUT2D eigenvalue weighted by Gasteiger charge is -2.31. The Balaban J connectivity index is 0.00000242. The molecule has 1 aromatic carbocycles. The Kier molecular flexibility index (Phi) is 7.03. The summed E-state index contributed by atoms with van der Waals surface area (Å²) in [6, 6.07) is 3.27. The Morgan fingerprint density at radius 3 is 2.77 bits per heavy atom. The van der Waals surface area contributed by atoms with Gasteiger partial charge in [0.2, 0.25) is 0 Å². The fraction of sp³-hybridized carbons (Fsp3) is 0.533. The van der Waals surface area contributed by atoms with Crippen molar-refractivity contribution in [1.29, 1.82) is 0 Å². The molecular formula is C15H21ClF2N2O2. The van der Waals surface area contributed by atoms with E-state index in [0.717, 1.165) is 31.6 Å². The highest BCUT2D eigenvalue weighted by Gasteiger charge is 2.25. The van der Waals surface area contributed by atoms with Gasteiger partial charge < -0.3 is 15.4 Å². The van der Waals surface area contributed by atoms with Crippen molar-refractivity contribution in [2.75, 3.05) is 13.1 Å². The molecule has 0 saturated carbocycles. The maximum Gasteiger partial charge on any atom is 0.261 e. The SMILES string of the molecule is CC(Oc1ccc(F)c(F)c1)C(=O)NC1CNCCC1C.Cl. The smallest absolute Gasteiger partial charge is 0.261 e. The van der Waals surface area contributed by atoms with Crippen molar-refractivity contribution in [3.8, 4) is 5.75 Å². The summed E-state index contributed by atoms with van der Waals surface area (Å²) in [6.45, 7) is 5.35. The molecule has 22 heavy (non-hydrogen) atoms. The lowest BCUT2D eigenvalue weighted by molar-refractivity contribution is -0.128. The normalized spacial score (nSPS) is 22.4. The van der Waals surface area contributed by atoms with Crippen LogP contribution >= 0.6 is 12.4 Å². The fourth-order valence-corrected chi connectivity index (χ4v) is 2.29. The van der Waals surface area contributed by atoms with Gasteiger partial charge in [0.1, 0.15) is 5.75 Å². The molecule has 0 radical (unpaired) electrons. The third-order valence-corrected chi connectivity index (χ3v) is 3.73. The van der Waals surface area contributed by atoms with Gasteiger partial charge in [0.15, 0.2) is 17.7 Å². The van der Waals surface area contributed by atoms with Crippen molar-refractivity contribution in [3.05, 3.63) is 29.8 Å². The van der Waals surface area contributed by atoms with Crippen molar-refractivity contribution in [2.24, 2.45) is 5.92 Å². The third-order valence-electron chi connectivity index (χ3n) is 3.73. The zero-order chi connectivity index (χ0) is 15.4. The second kappa shape index (κ2) is 8.29. The quantitative estimate of drug-likeness (QED) is 0.888. The fourth-order valence-electron chi connectivity index (χ4n) is 2.29. The van der Waals surface area contributed by atoms with E-state index in [1.165, 1.54) is 6.07 Å². The highest BCUT2D eigenvalue weighted by molar-refractivity contribution is 5.85. The molecule has 1 saturated heterocycles. The van der Waals surface area contributed by atoms with Crippen LogP contribution in [0.4, 0.5) is 8.78 Å². The van der Waals surface area contributed by atoms with Crippen LogP contribution in [0, 0.1) is 17.6 Å². The first-order chi connectivity index (χ1) is 9.97. The predicted molar refractivity (Wildman–Crippen MR) is 82.3 cm³/mol. The summed E-state index contributed by atoms with van der Waals surface area (Å²) in [7, 11) is 0. The Labute approximate surface area is 135 Å². The van der Waals surface area contributed by atoms with Gasteiger partial charge in [-0.05, 0) is 37.9 Å². The number of carbonyl (C=O) groups excluding carboxylic acids is 1. The van der Waals surface area contributed by atoms with E-state index in [-0.39, 0.29) is 30.1 Å². The van der Waals surface area contributed by atoms with Crippen molar-refractivity contribution >= 4 is 18.3 Å². The lowest BCUT2D eigenvalue weighted by atomic mass is 9.95. The highest BCUT2D eigenvalue weighted by atomic mass is 35.5. The molecule has 2 rings (SSSR count). The van der Waals surface area contributed by atoms with Crippen LogP contribution in [0.3, 0.4) is 0 Å². The van der Waals surface area contributed by atoms with E-state index < -0.39 is 17.7 Å². The molecule has 0 aromatic heterocycles. The molecule has 0 aliphatic carbocycles. The molecule has 1 aromatic rings. The van der Waals surface area contributed by atoms with Crippen molar-refractivity contribution < 1.29 is 18.3 Å². The van der Waals surface area contributed by atoms with E-state index in [0.29, 0.717) is 5.92 Å². The monoisotopic (exact) mass is 334 g/mol. The molecule has 1 aliphatic rings. The van der Waals surface area contributed by atoms with Crippen LogP contribution in [-0.4, -0.2) is 31.1 Å². The average molecular weight is 335 g/mol. The Hall–Kier alpha value is -1.40. The lowest BCUT2D eigenvalue weighted by Crippen LogP contribution is -2.52. The molecule has 1 amide bonds. The minimum Gasteiger partial charge on any atom is -0.481 e. The van der Waals surface area contributed by atoms with E-state index in [1.54, 1.807) is 6.92 Å². The van der Waals surface area contributed by atoms with Crippen LogP contribution in [0.2, 0.25) is 0 Å². The Morgan fingerprint density at radius 2 is 2.14 bits per heavy atom. The number of halogens is 3. The molecule has 0 bridgehead atoms. The first kappa shape index (κ1) is 18.6. The van der Waals surface area contributed by atoms with Gasteiger partial charge in [-0.1, -0.05) is 6.92 Å². The predicted octanol–water partition coefficient (Wildman–Crippen LogP) is 2.27. The van der Waals surface area contributed by atoms with E-state index in [1.807, 2.05) is 0 Å². The van der Waals surface area contributed by atoms with Crippen LogP contribution in [0.15, 0.2) is 18.2 Å². The number of ether oxygens (including phenoxy) is 1. The standard InChI is InChI=1S/C15H20F2N2O2.ClH/c1-9-5-6-18-8-14(9)19-15(20)10(2)21-11-3-4-12(16)13(17)7-11;/h3-4,7,9-10,14,18H,5-6,8H2,1-2H3,(H,19,20);1H. The number of carbonyl (C=O) groups is 1. The molecule has 1 heterocycles. The van der Waals surface area contributed by atoms with Crippen LogP contribution in [-0.2, 0) is 4.79 Å². The summed E-state index contributed by atoms with van der Waals surface area (Å²) >= 11 is 0. The van der Waals surface area contributed by atoms with Gasteiger partial charge >= 0.3 is 0 Å². The van der Waals surface area contributed by atoms with Gasteiger partial charge in [0.25, 0.3) is 5.91 Å². The van der Waals surface area contributed by atoms with Gasteiger partial charge in [-0.25, -0.2) is 8.78 Å². The maximum absolute atomic E-state index is 13.1. The molecule has 2 N–H and O–H groups in total. The number of hydrogen-bond donors (Lipinski definition) is 2. The van der Waals surface area contributed by atoms with Crippen LogP contribution < -0.4 is 15.4 Å². The molecule has 4 nitrogen and oxygen atoms in total. The third kappa shape index (κ3) is 4.81. The Bertz CT molecular complexity index is 516. The number of rotatable bonds is 4. The molecule has 3 unspecified atom stereocenters. The number of hydrogen-bond acceptors (Lipinski definition) is 3. The van der Waals surface area contributed by atoms with Gasteiger partial charge in [0.05, 0.1) is 0 Å². The number of nitrogens with one attached hydrogen (secondary N) is 2. The van der Waals surface area contributed by atoms with Gasteiger partial charge in [-0.3, -0.25) is 4.79 Å². The summed E-state index contributed by atoms with van der Waals surface area (Å²) < 4.78 is 31.3. The van der Waals surface area contributed by atoms with Gasteiger partial charge in [-0.2, -0.15) is 0 Å². The Morgan fingerprint density at radius 1 is 1.41 bits per heavy atom. The number of piperidine rings is 1. The van der Waals surface area contributed by atoms with E-state index in [9.17, 15) is 13.6 Å². The minimum atomic E-state index is -0.995. The number of benzene rings is 1. The molecule has 3 atom stereocenters. The molecule has 1 aliphatic heterocycles. The topological polar surface area (TPSA) is 50.4 Å². The molecular weight excluding hydrogens is 314 g/mol. The van der Waals surface area contributed by atoms with E-state index in [4.69, 9.17) is 4.74 Å². The minimum absolute atomic E-state index is 0. The second-order valence-electron chi connectivity index (χ2n) is 5.42. The van der Waals surface area contributed by atoms with Crippen molar-refractivity contribution in [3.63, 3.8) is 0 Å². The first-order valence-electron chi connectivity index (χ1n) is 7.10. The summed E-state index contributed by atoms with van der Waals surface area (Å²) in [4.78, 5) is 12.1. The summed E-state index contributed by atoms with van der Waals surface area (Å²) in [5, 5.41) is 6.15. The number of amides is 1. The molecule has 7 heteroatoms. The zero-order valence-electron chi connectivity index (χ0n) is 12.6. The second-order valence-corrected chi connectivity index (χ2v) is 5.42. The first-order valence-corrected chi connectivity index (χ1v) is 7.10. The van der Waals surface area contributed by atoms with Crippen LogP contribution in [0.25, 0.3) is 0 Å². The van der Waals surface area contributed by atoms with Crippen molar-refractivity contribution in [2.45, 2.75) is 32.4 Å². The van der Waals surface area contributed by atoms with E-state index >= 15 is 0 Å². The molecule has 0 spiro atoms. The maximum atomic E-state index is 13.1. The summed E-state index contributed by atoms with van der Waals surface area (Å²) in [6.07, 6.45) is 0.229. The van der Waals surface area contributed by atoms with Crippen molar-refractivity contribution in [1.82, 2.24) is 10.6 Å². The average Bonchev–Trinajstić information content (AvgIpc) is 2.45. The largest absolute Gasteiger partial charge is 0.481 e. The highest BCUT2D eigenvalue weighted by Crippen LogP contribution is 2.17. The summed E-state index contributed by atoms with van der Waals surface area (Å²) in [5.74, 6) is -1.68. The molecule has 1 fully saturated rings.